The molecule has 0 saturated carbocycles. The summed E-state index contributed by atoms with van der Waals surface area (Å²) >= 11 is 1.86. The number of rotatable bonds is 8. The van der Waals surface area contributed by atoms with Crippen molar-refractivity contribution in [1.29, 1.82) is 0 Å². The zero-order valence-corrected chi connectivity index (χ0v) is 19.7. The van der Waals surface area contributed by atoms with E-state index in [1.165, 1.54) is 10.5 Å². The van der Waals surface area contributed by atoms with Crippen LogP contribution in [0, 0.1) is 0 Å². The Labute approximate surface area is 198 Å². The molecule has 5 rings (SSSR count). The maximum absolute atomic E-state index is 6.01. The number of morpholine rings is 1. The third-order valence-corrected chi connectivity index (χ3v) is 7.07. The van der Waals surface area contributed by atoms with Gasteiger partial charge in [0.1, 0.15) is 5.82 Å². The van der Waals surface area contributed by atoms with Crippen LogP contribution in [0.3, 0.4) is 0 Å². The van der Waals surface area contributed by atoms with Crippen LogP contribution in [0.1, 0.15) is 11.3 Å². The molecule has 1 fully saturated rings. The molecule has 3 aromatic rings. The van der Waals surface area contributed by atoms with E-state index in [9.17, 15) is 0 Å². The van der Waals surface area contributed by atoms with Crippen LogP contribution in [0.25, 0.3) is 11.0 Å². The van der Waals surface area contributed by atoms with Crippen molar-refractivity contribution in [3.05, 3.63) is 47.8 Å². The Morgan fingerprint density at radius 1 is 1.24 bits per heavy atom. The zero-order valence-electron chi connectivity index (χ0n) is 18.9. The normalized spacial score (nSPS) is 18.6. The predicted octanol–water partition coefficient (Wildman–Crippen LogP) is 2.58. The van der Waals surface area contributed by atoms with Crippen LogP contribution in [0.2, 0.25) is 0 Å². The summed E-state index contributed by atoms with van der Waals surface area (Å²) in [6.45, 7) is 6.13. The second-order valence-corrected chi connectivity index (χ2v) is 9.43. The molecule has 33 heavy (non-hydrogen) atoms. The van der Waals surface area contributed by atoms with Crippen molar-refractivity contribution in [2.24, 2.45) is 0 Å². The van der Waals surface area contributed by atoms with Crippen molar-refractivity contribution in [2.45, 2.75) is 24.0 Å². The smallest absolute Gasteiger partial charge is 0.213 e. The lowest BCUT2D eigenvalue weighted by atomic mass is 10.1. The molecule has 174 valence electrons. The number of pyridine rings is 3. The number of nitrogens with zero attached hydrogens (tertiary/aromatic N) is 4. The number of thioether (sulfide) groups is 1. The van der Waals surface area contributed by atoms with Gasteiger partial charge in [0.15, 0.2) is 0 Å². The number of fused-ring (bicyclic) bond motifs is 2. The quantitative estimate of drug-likeness (QED) is 0.520. The monoisotopic (exact) mass is 466 g/mol. The van der Waals surface area contributed by atoms with Crippen LogP contribution in [0.5, 0.6) is 5.88 Å². The number of aromatic nitrogens is 3. The fraction of sp³-hybridized carbons (Fsp3) is 0.458. The van der Waals surface area contributed by atoms with Crippen molar-refractivity contribution in [1.82, 2.24) is 25.2 Å². The molecule has 5 heterocycles. The van der Waals surface area contributed by atoms with Crippen LogP contribution >= 0.6 is 11.8 Å². The molecule has 2 aliphatic rings. The molecule has 1 saturated heterocycles. The first kappa shape index (κ1) is 22.3. The third-order valence-electron chi connectivity index (χ3n) is 6.02. The van der Waals surface area contributed by atoms with Crippen LogP contribution in [0.4, 0.5) is 5.82 Å². The maximum atomic E-state index is 6.01. The number of hydrogen-bond acceptors (Lipinski definition) is 9. The van der Waals surface area contributed by atoms with E-state index in [0.29, 0.717) is 5.88 Å². The number of ether oxygens (including phenoxy) is 2. The summed E-state index contributed by atoms with van der Waals surface area (Å²) in [6, 6.07) is 10.2. The van der Waals surface area contributed by atoms with Crippen LogP contribution < -0.4 is 15.4 Å². The minimum atomic E-state index is 0.178. The first-order valence-electron chi connectivity index (χ1n) is 11.5. The van der Waals surface area contributed by atoms with Gasteiger partial charge < -0.3 is 20.1 Å². The third kappa shape index (κ3) is 5.55. The zero-order chi connectivity index (χ0) is 22.5. The molecule has 0 aromatic carbocycles. The van der Waals surface area contributed by atoms with E-state index in [4.69, 9.17) is 14.5 Å². The highest BCUT2D eigenvalue weighted by molar-refractivity contribution is 7.99. The van der Waals surface area contributed by atoms with Crippen molar-refractivity contribution in [3.8, 4) is 5.88 Å². The molecular weight excluding hydrogens is 436 g/mol. The summed E-state index contributed by atoms with van der Waals surface area (Å²) in [6.07, 6.45) is 2.96. The van der Waals surface area contributed by atoms with Gasteiger partial charge in [-0.1, -0.05) is 0 Å². The lowest BCUT2D eigenvalue weighted by Crippen LogP contribution is -2.47. The average Bonchev–Trinajstić information content (AvgIpc) is 2.87. The molecule has 0 aliphatic carbocycles. The molecule has 2 N–H and O–H groups in total. The number of methoxy groups -OCH3 is 1. The van der Waals surface area contributed by atoms with Gasteiger partial charge in [0.25, 0.3) is 0 Å². The average molecular weight is 467 g/mol. The Bertz CT molecular complexity index is 1100. The van der Waals surface area contributed by atoms with Gasteiger partial charge in [-0.15, -0.1) is 11.8 Å². The van der Waals surface area contributed by atoms with E-state index in [1.807, 2.05) is 30.1 Å². The van der Waals surface area contributed by atoms with Crippen molar-refractivity contribution in [3.63, 3.8) is 0 Å². The van der Waals surface area contributed by atoms with Crippen molar-refractivity contribution < 1.29 is 9.47 Å². The standard InChI is InChI=1S/C24H30N6O2S/c1-31-22-5-3-20-23(29-22)17(6-8-26-20)7-10-30-11-12-32-19(16-30)15-25-14-18-2-4-21-24(28-18)27-9-13-33-21/h2-6,8,19,25H,7,9-16H2,1H3,(H,27,28). The number of hydrogen-bond donors (Lipinski definition) is 2. The number of nitrogens with one attached hydrogen (secondary N) is 2. The molecule has 8 nitrogen and oxygen atoms in total. The topological polar surface area (TPSA) is 84.4 Å². The van der Waals surface area contributed by atoms with Crippen molar-refractivity contribution in [2.75, 3.05) is 57.5 Å². The first-order chi connectivity index (χ1) is 16.3. The summed E-state index contributed by atoms with van der Waals surface area (Å²) in [7, 11) is 1.64. The second-order valence-electron chi connectivity index (χ2n) is 8.29. The Morgan fingerprint density at radius 3 is 3.15 bits per heavy atom. The number of anilines is 1. The first-order valence-corrected chi connectivity index (χ1v) is 12.5. The van der Waals surface area contributed by atoms with E-state index in [-0.39, 0.29) is 6.10 Å². The molecule has 1 atom stereocenters. The van der Waals surface area contributed by atoms with Gasteiger partial charge in [-0.25, -0.2) is 9.97 Å². The van der Waals surface area contributed by atoms with Gasteiger partial charge in [0, 0.05) is 62.2 Å². The van der Waals surface area contributed by atoms with Gasteiger partial charge in [-0.05, 0) is 36.2 Å². The Balaban J connectivity index is 1.12. The lowest BCUT2D eigenvalue weighted by molar-refractivity contribution is -0.0267. The Kier molecular flexibility index (Phi) is 7.21. The summed E-state index contributed by atoms with van der Waals surface area (Å²) in [4.78, 5) is 17.5. The van der Waals surface area contributed by atoms with Crippen molar-refractivity contribution >= 4 is 28.6 Å². The lowest BCUT2D eigenvalue weighted by Gasteiger charge is -2.33. The molecule has 9 heteroatoms. The summed E-state index contributed by atoms with van der Waals surface area (Å²) < 4.78 is 11.3. The molecule has 3 aromatic heterocycles. The highest BCUT2D eigenvalue weighted by Gasteiger charge is 2.20. The fourth-order valence-corrected chi connectivity index (χ4v) is 5.12. The van der Waals surface area contributed by atoms with E-state index in [1.54, 1.807) is 7.11 Å². The van der Waals surface area contributed by atoms with E-state index < -0.39 is 0 Å². The molecule has 0 amide bonds. The van der Waals surface area contributed by atoms with Gasteiger partial charge >= 0.3 is 0 Å². The van der Waals surface area contributed by atoms with Crippen LogP contribution in [-0.4, -0.2) is 78.1 Å². The summed E-state index contributed by atoms with van der Waals surface area (Å²) in [5.41, 5.74) is 4.09. The molecule has 1 unspecified atom stereocenters. The molecule has 0 radical (unpaired) electrons. The van der Waals surface area contributed by atoms with Crippen LogP contribution in [-0.2, 0) is 17.7 Å². The molecule has 0 bridgehead atoms. The molecule has 2 aliphatic heterocycles. The van der Waals surface area contributed by atoms with Gasteiger partial charge in [-0.3, -0.25) is 9.88 Å². The Hall–Kier alpha value is -2.46. The van der Waals surface area contributed by atoms with Crippen LogP contribution in [0.15, 0.2) is 41.4 Å². The second kappa shape index (κ2) is 10.6. The highest BCUT2D eigenvalue weighted by Crippen LogP contribution is 2.29. The van der Waals surface area contributed by atoms with Gasteiger partial charge in [-0.2, -0.15) is 0 Å². The summed E-state index contributed by atoms with van der Waals surface area (Å²) in [5.74, 6) is 2.74. The largest absolute Gasteiger partial charge is 0.481 e. The molecule has 0 spiro atoms. The fourth-order valence-electron chi connectivity index (χ4n) is 4.28. The summed E-state index contributed by atoms with van der Waals surface area (Å²) in [5, 5.41) is 6.92. The van der Waals surface area contributed by atoms with E-state index in [2.05, 4.69) is 43.7 Å². The minimum Gasteiger partial charge on any atom is -0.481 e. The van der Waals surface area contributed by atoms with Gasteiger partial charge in [0.05, 0.1) is 36.5 Å². The minimum absolute atomic E-state index is 0.178. The van der Waals surface area contributed by atoms with E-state index >= 15 is 0 Å². The Morgan fingerprint density at radius 2 is 2.21 bits per heavy atom. The predicted molar refractivity (Wildman–Crippen MR) is 131 cm³/mol. The molecular formula is C24H30N6O2S. The SMILES string of the molecule is COc1ccc2nccc(CCN3CCOC(CNCc4ccc5c(n4)NCCS5)C3)c2n1. The maximum Gasteiger partial charge on any atom is 0.213 e. The van der Waals surface area contributed by atoms with E-state index in [0.717, 1.165) is 80.6 Å². The highest BCUT2D eigenvalue weighted by atomic mass is 32.2. The van der Waals surface area contributed by atoms with Gasteiger partial charge in [0.2, 0.25) is 5.88 Å².